The lowest BCUT2D eigenvalue weighted by Gasteiger charge is -2.16. The van der Waals surface area contributed by atoms with Crippen molar-refractivity contribution in [3.8, 4) is 11.5 Å². The molecule has 4 rings (SSSR count). The lowest BCUT2D eigenvalue weighted by Crippen LogP contribution is -2.31. The van der Waals surface area contributed by atoms with Gasteiger partial charge in [-0.05, 0) is 35.7 Å². The average Bonchev–Trinajstić information content (AvgIpc) is 3.42. The van der Waals surface area contributed by atoms with Crippen molar-refractivity contribution in [3.63, 3.8) is 0 Å². The Morgan fingerprint density at radius 1 is 1.15 bits per heavy atom. The van der Waals surface area contributed by atoms with Gasteiger partial charge in [0.1, 0.15) is 11.0 Å². The molecule has 3 heterocycles. The first-order valence-electron chi connectivity index (χ1n) is 8.04. The van der Waals surface area contributed by atoms with Crippen LogP contribution in [-0.2, 0) is 9.84 Å². The van der Waals surface area contributed by atoms with Gasteiger partial charge in [-0.15, -0.1) is 11.3 Å². The third-order valence-corrected chi connectivity index (χ3v) is 7.03. The Hall–Kier alpha value is -2.78. The number of furan rings is 1. The molecule has 0 bridgehead atoms. The molecule has 0 saturated heterocycles. The van der Waals surface area contributed by atoms with Gasteiger partial charge in [-0.3, -0.25) is 4.79 Å². The summed E-state index contributed by atoms with van der Waals surface area (Å²) in [5, 5.41) is 3.39. The highest BCUT2D eigenvalue weighted by molar-refractivity contribution is 7.91. The molecular formula is C18H15NO6S2. The summed E-state index contributed by atoms with van der Waals surface area (Å²) in [6.45, 7) is -0.0711. The van der Waals surface area contributed by atoms with E-state index >= 15 is 0 Å². The molecule has 1 atom stereocenters. The summed E-state index contributed by atoms with van der Waals surface area (Å²) in [4.78, 5) is 12.8. The van der Waals surface area contributed by atoms with Crippen LogP contribution < -0.4 is 14.8 Å². The Bertz CT molecular complexity index is 1040. The topological polar surface area (TPSA) is 94.8 Å². The van der Waals surface area contributed by atoms with Crippen molar-refractivity contribution in [1.82, 2.24) is 5.32 Å². The Morgan fingerprint density at radius 2 is 2.00 bits per heavy atom. The molecule has 0 radical (unpaired) electrons. The van der Waals surface area contributed by atoms with E-state index in [0.717, 1.165) is 0 Å². The molecule has 0 spiro atoms. The van der Waals surface area contributed by atoms with E-state index in [1.54, 1.807) is 35.7 Å². The molecule has 9 heteroatoms. The minimum atomic E-state index is -3.85. The van der Waals surface area contributed by atoms with Gasteiger partial charge in [0.05, 0.1) is 16.0 Å². The van der Waals surface area contributed by atoms with Crippen molar-refractivity contribution in [3.05, 3.63) is 64.7 Å². The summed E-state index contributed by atoms with van der Waals surface area (Å²) in [5.41, 5.74) is 0. The molecule has 1 aliphatic heterocycles. The molecule has 0 saturated carbocycles. The third kappa shape index (κ3) is 3.43. The number of carbonyl (C=O) groups is 1. The zero-order chi connectivity index (χ0) is 18.9. The molecule has 0 unspecified atom stereocenters. The number of hydrogen-bond donors (Lipinski definition) is 1. The van der Waals surface area contributed by atoms with E-state index in [-0.39, 0.29) is 29.9 Å². The van der Waals surface area contributed by atoms with Gasteiger partial charge in [0.25, 0.3) is 5.91 Å². The molecule has 1 N–H and O–H groups in total. The van der Waals surface area contributed by atoms with E-state index in [1.165, 1.54) is 29.7 Å². The number of fused-ring (bicyclic) bond motifs is 1. The molecule has 1 aromatic carbocycles. The van der Waals surface area contributed by atoms with Crippen LogP contribution in [0.1, 0.15) is 20.7 Å². The van der Waals surface area contributed by atoms with Gasteiger partial charge in [0, 0.05) is 12.6 Å². The first-order chi connectivity index (χ1) is 13.1. The minimum absolute atomic E-state index is 0.0529. The molecule has 2 aromatic heterocycles. The summed E-state index contributed by atoms with van der Waals surface area (Å²) < 4.78 is 42.3. The number of ether oxygens (including phenoxy) is 2. The maximum Gasteiger partial charge on any atom is 0.261 e. The Balaban J connectivity index is 1.63. The number of hydrogen-bond acceptors (Lipinski definition) is 7. The second-order valence-electron chi connectivity index (χ2n) is 5.75. The van der Waals surface area contributed by atoms with Crippen LogP contribution in [0.3, 0.4) is 0 Å². The van der Waals surface area contributed by atoms with Gasteiger partial charge in [-0.25, -0.2) is 8.42 Å². The molecular weight excluding hydrogens is 390 g/mol. The van der Waals surface area contributed by atoms with Crippen molar-refractivity contribution in [2.24, 2.45) is 0 Å². The van der Waals surface area contributed by atoms with Gasteiger partial charge in [-0.1, -0.05) is 6.07 Å². The number of rotatable bonds is 6. The van der Waals surface area contributed by atoms with Crippen LogP contribution in [0.15, 0.2) is 63.4 Å². The van der Waals surface area contributed by atoms with Crippen molar-refractivity contribution in [2.45, 2.75) is 10.1 Å². The number of benzene rings is 1. The smallest absolute Gasteiger partial charge is 0.261 e. The summed E-state index contributed by atoms with van der Waals surface area (Å²) in [5.74, 6) is 0.785. The summed E-state index contributed by atoms with van der Waals surface area (Å²) >= 11 is 1.28. The SMILES string of the molecule is O=C(NC[C@H](c1ccco1)S(=O)(=O)c1ccc2c(c1)OCO2)c1cccs1. The minimum Gasteiger partial charge on any atom is -0.468 e. The third-order valence-electron chi connectivity index (χ3n) is 4.10. The summed E-state index contributed by atoms with van der Waals surface area (Å²) in [6, 6.07) is 11.1. The van der Waals surface area contributed by atoms with Crippen molar-refractivity contribution < 1.29 is 27.1 Å². The van der Waals surface area contributed by atoms with E-state index in [2.05, 4.69) is 5.32 Å². The van der Waals surface area contributed by atoms with Crippen LogP contribution in [0.5, 0.6) is 11.5 Å². The zero-order valence-corrected chi connectivity index (χ0v) is 15.6. The first-order valence-corrected chi connectivity index (χ1v) is 10.5. The van der Waals surface area contributed by atoms with Gasteiger partial charge in [0.2, 0.25) is 6.79 Å². The molecule has 0 fully saturated rings. The summed E-state index contributed by atoms with van der Waals surface area (Å²) in [6.07, 6.45) is 1.40. The lowest BCUT2D eigenvalue weighted by atomic mass is 10.3. The quantitative estimate of drug-likeness (QED) is 0.677. The highest BCUT2D eigenvalue weighted by Crippen LogP contribution is 2.37. The first kappa shape index (κ1) is 17.6. The molecule has 27 heavy (non-hydrogen) atoms. The fourth-order valence-electron chi connectivity index (χ4n) is 2.74. The van der Waals surface area contributed by atoms with Crippen molar-refractivity contribution >= 4 is 27.1 Å². The fourth-order valence-corrected chi connectivity index (χ4v) is 4.98. The Kier molecular flexibility index (Phi) is 4.63. The maximum atomic E-state index is 13.2. The van der Waals surface area contributed by atoms with Gasteiger partial charge < -0.3 is 19.2 Å². The number of carbonyl (C=O) groups excluding carboxylic acids is 1. The lowest BCUT2D eigenvalue weighted by molar-refractivity contribution is 0.0957. The molecule has 0 aliphatic carbocycles. The number of amides is 1. The Morgan fingerprint density at radius 3 is 2.74 bits per heavy atom. The predicted molar refractivity (Wildman–Crippen MR) is 97.9 cm³/mol. The molecule has 140 valence electrons. The van der Waals surface area contributed by atoms with Crippen LogP contribution in [0.2, 0.25) is 0 Å². The van der Waals surface area contributed by atoms with Crippen molar-refractivity contribution in [2.75, 3.05) is 13.3 Å². The van der Waals surface area contributed by atoms with Crippen LogP contribution >= 0.6 is 11.3 Å². The van der Waals surface area contributed by atoms with E-state index in [9.17, 15) is 13.2 Å². The van der Waals surface area contributed by atoms with Gasteiger partial charge in [-0.2, -0.15) is 0 Å². The van der Waals surface area contributed by atoms with Crippen LogP contribution in [0.4, 0.5) is 0 Å². The van der Waals surface area contributed by atoms with E-state index < -0.39 is 15.1 Å². The second kappa shape index (κ2) is 7.09. The van der Waals surface area contributed by atoms with E-state index in [0.29, 0.717) is 16.4 Å². The van der Waals surface area contributed by atoms with Crippen molar-refractivity contribution in [1.29, 1.82) is 0 Å². The average molecular weight is 405 g/mol. The highest BCUT2D eigenvalue weighted by Gasteiger charge is 2.33. The van der Waals surface area contributed by atoms with Crippen LogP contribution in [0, 0.1) is 0 Å². The fraction of sp³-hybridized carbons (Fsp3) is 0.167. The van der Waals surface area contributed by atoms with Gasteiger partial charge in [0.15, 0.2) is 21.3 Å². The summed E-state index contributed by atoms with van der Waals surface area (Å²) in [7, 11) is -3.85. The van der Waals surface area contributed by atoms with Crippen LogP contribution in [0.25, 0.3) is 0 Å². The second-order valence-corrected chi connectivity index (χ2v) is 8.83. The molecule has 1 amide bonds. The zero-order valence-electron chi connectivity index (χ0n) is 14.0. The predicted octanol–water partition coefficient (Wildman–Crippen LogP) is 3.01. The largest absolute Gasteiger partial charge is 0.468 e. The number of nitrogens with one attached hydrogen (secondary N) is 1. The highest BCUT2D eigenvalue weighted by atomic mass is 32.2. The molecule has 1 aliphatic rings. The van der Waals surface area contributed by atoms with Gasteiger partial charge >= 0.3 is 0 Å². The maximum absolute atomic E-state index is 13.2. The normalized spacial score (nSPS) is 14.1. The standard InChI is InChI=1S/C18H15NO6S2/c20-18(16-4-2-8-26-16)19-10-17(14-3-1-7-23-14)27(21,22)12-5-6-13-15(9-12)25-11-24-13/h1-9,17H,10-11H2,(H,19,20)/t17-/m1/s1. The Labute approximate surface area is 159 Å². The molecule has 3 aromatic rings. The van der Waals surface area contributed by atoms with E-state index in [1.807, 2.05) is 0 Å². The monoisotopic (exact) mass is 405 g/mol. The molecule has 7 nitrogen and oxygen atoms in total. The number of thiophene rings is 1. The van der Waals surface area contributed by atoms with Crippen LogP contribution in [-0.4, -0.2) is 27.7 Å². The number of sulfone groups is 1. The van der Waals surface area contributed by atoms with E-state index in [4.69, 9.17) is 13.9 Å².